The van der Waals surface area contributed by atoms with Gasteiger partial charge in [0.2, 0.25) is 0 Å². The number of methoxy groups -OCH3 is 2. The van der Waals surface area contributed by atoms with Crippen molar-refractivity contribution in [2.24, 2.45) is 0 Å². The highest BCUT2D eigenvalue weighted by atomic mass is 16.5. The Morgan fingerprint density at radius 1 is 0.958 bits per heavy atom. The normalized spacial score (nSPS) is 19.3. The maximum absolute atomic E-state index is 12.5. The molecule has 1 aliphatic rings. The highest BCUT2D eigenvalue weighted by Gasteiger charge is 2.43. The fourth-order valence-electron chi connectivity index (χ4n) is 3.32. The van der Waals surface area contributed by atoms with E-state index in [4.69, 9.17) is 9.47 Å². The second-order valence-corrected chi connectivity index (χ2v) is 5.65. The Labute approximate surface area is 140 Å². The first kappa shape index (κ1) is 16.1. The lowest BCUT2D eigenvalue weighted by molar-refractivity contribution is -0.147. The summed E-state index contributed by atoms with van der Waals surface area (Å²) in [6, 6.07) is 16.7. The first-order valence-electron chi connectivity index (χ1n) is 7.72. The van der Waals surface area contributed by atoms with E-state index >= 15 is 0 Å². The van der Waals surface area contributed by atoms with E-state index in [1.54, 1.807) is 0 Å². The molecule has 0 aromatic heterocycles. The highest BCUT2D eigenvalue weighted by molar-refractivity contribution is 5.84. The molecule has 0 radical (unpaired) electrons. The van der Waals surface area contributed by atoms with Crippen molar-refractivity contribution in [1.29, 1.82) is 0 Å². The van der Waals surface area contributed by atoms with Crippen LogP contribution in [0.25, 0.3) is 0 Å². The summed E-state index contributed by atoms with van der Waals surface area (Å²) in [6.07, 6.45) is -0.541. The number of fused-ring (bicyclic) bond motifs is 1. The van der Waals surface area contributed by atoms with Crippen molar-refractivity contribution in [2.45, 2.75) is 18.5 Å². The van der Waals surface area contributed by atoms with Gasteiger partial charge in [0.15, 0.2) is 0 Å². The Morgan fingerprint density at radius 3 is 2.29 bits per heavy atom. The number of carbonyl (C=O) groups is 2. The summed E-state index contributed by atoms with van der Waals surface area (Å²) in [6.45, 7) is 0.311. The summed E-state index contributed by atoms with van der Waals surface area (Å²) < 4.78 is 9.89. The van der Waals surface area contributed by atoms with Crippen LogP contribution < -0.4 is 0 Å². The van der Waals surface area contributed by atoms with Crippen LogP contribution in [-0.4, -0.2) is 37.2 Å². The molecule has 5 heteroatoms. The first-order chi connectivity index (χ1) is 11.7. The van der Waals surface area contributed by atoms with Crippen LogP contribution in [-0.2, 0) is 20.8 Å². The minimum atomic E-state index is -0.764. The maximum atomic E-state index is 12.5. The van der Waals surface area contributed by atoms with E-state index in [2.05, 4.69) is 0 Å². The smallest absolute Gasteiger partial charge is 0.410 e. The zero-order valence-electron chi connectivity index (χ0n) is 13.6. The molecule has 1 heterocycles. The van der Waals surface area contributed by atoms with Gasteiger partial charge >= 0.3 is 12.1 Å². The van der Waals surface area contributed by atoms with Gasteiger partial charge in [-0.05, 0) is 16.7 Å². The van der Waals surface area contributed by atoms with Gasteiger partial charge in [-0.1, -0.05) is 54.6 Å². The molecule has 0 saturated heterocycles. The molecule has 0 saturated carbocycles. The number of ether oxygens (including phenoxy) is 2. The standard InChI is InChI=1S/C19H19NO4/c1-23-18(21)17-16(13-8-4-3-5-9-13)15-11-7-6-10-14(15)12-20(17)19(22)24-2/h3-11,16-17H,12H2,1-2H3/t16-,17+/m0/s1. The van der Waals surface area contributed by atoms with Crippen LogP contribution in [0, 0.1) is 0 Å². The first-order valence-corrected chi connectivity index (χ1v) is 7.72. The van der Waals surface area contributed by atoms with Crippen LogP contribution in [0.1, 0.15) is 22.6 Å². The van der Waals surface area contributed by atoms with Crippen molar-refractivity contribution in [1.82, 2.24) is 4.90 Å². The van der Waals surface area contributed by atoms with Crippen LogP contribution in [0.4, 0.5) is 4.79 Å². The number of hydrogen-bond donors (Lipinski definition) is 0. The van der Waals surface area contributed by atoms with Crippen LogP contribution >= 0.6 is 0 Å². The van der Waals surface area contributed by atoms with E-state index in [0.29, 0.717) is 6.54 Å². The van der Waals surface area contributed by atoms with Crippen molar-refractivity contribution in [3.63, 3.8) is 0 Å². The fourth-order valence-corrected chi connectivity index (χ4v) is 3.32. The van der Waals surface area contributed by atoms with Gasteiger partial charge in [-0.25, -0.2) is 9.59 Å². The molecule has 0 unspecified atom stereocenters. The Hall–Kier alpha value is -2.82. The summed E-state index contributed by atoms with van der Waals surface area (Å²) >= 11 is 0. The summed E-state index contributed by atoms with van der Waals surface area (Å²) in [7, 11) is 2.65. The molecule has 0 N–H and O–H groups in total. The van der Waals surface area contributed by atoms with Gasteiger partial charge in [0, 0.05) is 5.92 Å². The van der Waals surface area contributed by atoms with Crippen molar-refractivity contribution >= 4 is 12.1 Å². The molecule has 0 fully saturated rings. The van der Waals surface area contributed by atoms with Gasteiger partial charge in [-0.3, -0.25) is 4.90 Å². The molecule has 2 aromatic carbocycles. The van der Waals surface area contributed by atoms with Crippen LogP contribution in [0.5, 0.6) is 0 Å². The van der Waals surface area contributed by atoms with E-state index in [1.165, 1.54) is 19.1 Å². The molecular formula is C19H19NO4. The van der Waals surface area contributed by atoms with E-state index in [-0.39, 0.29) is 5.92 Å². The summed E-state index contributed by atoms with van der Waals surface area (Å²) in [5.74, 6) is -0.758. The Balaban J connectivity index is 2.19. The molecule has 0 spiro atoms. The van der Waals surface area contributed by atoms with E-state index in [0.717, 1.165) is 16.7 Å². The highest BCUT2D eigenvalue weighted by Crippen LogP contribution is 2.38. The SMILES string of the molecule is COC(=O)[C@H]1[C@@H](c2ccccc2)c2ccccc2CN1C(=O)OC. The molecule has 1 amide bonds. The minimum absolute atomic E-state index is 0.303. The molecule has 124 valence electrons. The zero-order chi connectivity index (χ0) is 17.1. The summed E-state index contributed by atoms with van der Waals surface area (Å²) in [5, 5.41) is 0. The predicted molar refractivity (Wildman–Crippen MR) is 88.5 cm³/mol. The quantitative estimate of drug-likeness (QED) is 0.797. The van der Waals surface area contributed by atoms with Crippen molar-refractivity contribution in [3.05, 3.63) is 71.3 Å². The summed E-state index contributed by atoms with van der Waals surface area (Å²) in [5.41, 5.74) is 2.98. The number of carbonyl (C=O) groups excluding carboxylic acids is 2. The lowest BCUT2D eigenvalue weighted by Gasteiger charge is -2.40. The topological polar surface area (TPSA) is 55.8 Å². The fraction of sp³-hybridized carbons (Fsp3) is 0.263. The van der Waals surface area contributed by atoms with Gasteiger partial charge in [0.1, 0.15) is 6.04 Å². The number of hydrogen-bond acceptors (Lipinski definition) is 4. The Morgan fingerprint density at radius 2 is 1.62 bits per heavy atom. The zero-order valence-corrected chi connectivity index (χ0v) is 13.6. The number of nitrogens with zero attached hydrogens (tertiary/aromatic N) is 1. The maximum Gasteiger partial charge on any atom is 0.410 e. The lowest BCUT2D eigenvalue weighted by atomic mass is 9.79. The third kappa shape index (κ3) is 2.73. The minimum Gasteiger partial charge on any atom is -0.467 e. The molecule has 1 aliphatic heterocycles. The van der Waals surface area contributed by atoms with Crippen molar-refractivity contribution in [3.8, 4) is 0 Å². The third-order valence-electron chi connectivity index (χ3n) is 4.39. The number of amides is 1. The molecule has 5 nitrogen and oxygen atoms in total. The van der Waals surface area contributed by atoms with Crippen LogP contribution in [0.3, 0.4) is 0 Å². The summed E-state index contributed by atoms with van der Waals surface area (Å²) in [4.78, 5) is 26.2. The van der Waals surface area contributed by atoms with Crippen LogP contribution in [0.2, 0.25) is 0 Å². The molecule has 2 atom stereocenters. The monoisotopic (exact) mass is 325 g/mol. The number of rotatable bonds is 2. The Bertz CT molecular complexity index is 744. The van der Waals surface area contributed by atoms with Crippen LogP contribution in [0.15, 0.2) is 54.6 Å². The molecule has 3 rings (SSSR count). The van der Waals surface area contributed by atoms with Crippen molar-refractivity contribution < 1.29 is 19.1 Å². The second-order valence-electron chi connectivity index (χ2n) is 5.65. The number of esters is 1. The number of benzene rings is 2. The third-order valence-corrected chi connectivity index (χ3v) is 4.39. The molecular weight excluding hydrogens is 306 g/mol. The Kier molecular flexibility index (Phi) is 4.51. The molecule has 0 aliphatic carbocycles. The molecule has 24 heavy (non-hydrogen) atoms. The molecule has 0 bridgehead atoms. The van der Waals surface area contributed by atoms with Gasteiger partial charge in [0.25, 0.3) is 0 Å². The van der Waals surface area contributed by atoms with E-state index < -0.39 is 18.1 Å². The van der Waals surface area contributed by atoms with Gasteiger partial charge in [0.05, 0.1) is 20.8 Å². The molecule has 2 aromatic rings. The second kappa shape index (κ2) is 6.74. The average Bonchev–Trinajstić information content (AvgIpc) is 2.65. The van der Waals surface area contributed by atoms with Crippen molar-refractivity contribution in [2.75, 3.05) is 14.2 Å². The largest absolute Gasteiger partial charge is 0.467 e. The van der Waals surface area contributed by atoms with Gasteiger partial charge in [-0.2, -0.15) is 0 Å². The van der Waals surface area contributed by atoms with E-state index in [9.17, 15) is 9.59 Å². The van der Waals surface area contributed by atoms with Gasteiger partial charge < -0.3 is 9.47 Å². The lowest BCUT2D eigenvalue weighted by Crippen LogP contribution is -2.51. The van der Waals surface area contributed by atoms with Gasteiger partial charge in [-0.15, -0.1) is 0 Å². The average molecular weight is 325 g/mol. The van der Waals surface area contributed by atoms with E-state index in [1.807, 2.05) is 54.6 Å². The predicted octanol–water partition coefficient (Wildman–Crippen LogP) is 2.94.